The summed E-state index contributed by atoms with van der Waals surface area (Å²) < 4.78 is 20.9. The predicted molar refractivity (Wildman–Crippen MR) is 123 cm³/mol. The Morgan fingerprint density at radius 3 is 2.50 bits per heavy atom. The molecule has 0 radical (unpaired) electrons. The molecule has 7 nitrogen and oxygen atoms in total. The standard InChI is InChI=1S/C23H28FN5O2S/c1-23(2,3)17-9-11-18(12-10-17)31-14-20-26-27-22(29(20)25)32-15-21(30)28(4)13-16-7-5-6-8-19(16)24/h5-12H,13-15,25H2,1-4H3. The number of aromatic nitrogens is 3. The zero-order chi connectivity index (χ0) is 23.3. The van der Waals surface area contributed by atoms with E-state index in [0.717, 1.165) is 0 Å². The Labute approximate surface area is 191 Å². The van der Waals surface area contributed by atoms with E-state index in [4.69, 9.17) is 10.6 Å². The molecule has 0 fully saturated rings. The van der Waals surface area contributed by atoms with E-state index in [1.807, 2.05) is 24.3 Å². The molecular weight excluding hydrogens is 429 g/mol. The molecule has 0 aliphatic carbocycles. The van der Waals surface area contributed by atoms with E-state index in [2.05, 4.69) is 31.0 Å². The number of nitrogen functional groups attached to an aromatic ring is 1. The summed E-state index contributed by atoms with van der Waals surface area (Å²) in [6.45, 7) is 6.80. The number of halogens is 1. The number of rotatable bonds is 8. The Morgan fingerprint density at radius 2 is 1.84 bits per heavy atom. The second-order valence-corrected chi connectivity index (χ2v) is 9.40. The van der Waals surface area contributed by atoms with Gasteiger partial charge >= 0.3 is 0 Å². The first kappa shape index (κ1) is 23.6. The summed E-state index contributed by atoms with van der Waals surface area (Å²) in [6, 6.07) is 14.3. The fraction of sp³-hybridized carbons (Fsp3) is 0.348. The number of carbonyl (C=O) groups is 1. The van der Waals surface area contributed by atoms with Gasteiger partial charge in [0.25, 0.3) is 0 Å². The van der Waals surface area contributed by atoms with Crippen LogP contribution < -0.4 is 10.6 Å². The van der Waals surface area contributed by atoms with Gasteiger partial charge in [-0.25, -0.2) is 9.07 Å². The molecule has 2 N–H and O–H groups in total. The van der Waals surface area contributed by atoms with Crippen molar-refractivity contribution in [3.63, 3.8) is 0 Å². The minimum atomic E-state index is -0.334. The van der Waals surface area contributed by atoms with E-state index in [1.54, 1.807) is 25.2 Å². The van der Waals surface area contributed by atoms with Crippen molar-refractivity contribution in [1.29, 1.82) is 0 Å². The number of nitrogens with two attached hydrogens (primary N) is 1. The van der Waals surface area contributed by atoms with Crippen molar-refractivity contribution in [2.75, 3.05) is 18.6 Å². The first-order valence-corrected chi connectivity index (χ1v) is 11.2. The lowest BCUT2D eigenvalue weighted by Crippen LogP contribution is -2.28. The van der Waals surface area contributed by atoms with E-state index in [1.165, 1.54) is 33.0 Å². The Kier molecular flexibility index (Phi) is 7.40. The molecule has 170 valence electrons. The average molecular weight is 458 g/mol. The average Bonchev–Trinajstić information content (AvgIpc) is 3.11. The molecule has 0 aliphatic rings. The van der Waals surface area contributed by atoms with Crippen molar-refractivity contribution in [2.24, 2.45) is 0 Å². The summed E-state index contributed by atoms with van der Waals surface area (Å²) in [5.41, 5.74) is 1.75. The number of hydrogen-bond acceptors (Lipinski definition) is 6. The normalized spacial score (nSPS) is 11.4. The van der Waals surface area contributed by atoms with Crippen molar-refractivity contribution >= 4 is 17.7 Å². The molecule has 3 rings (SSSR count). The third-order valence-electron chi connectivity index (χ3n) is 4.94. The van der Waals surface area contributed by atoms with Gasteiger partial charge in [-0.1, -0.05) is 62.9 Å². The highest BCUT2D eigenvalue weighted by molar-refractivity contribution is 7.99. The molecule has 0 saturated carbocycles. The summed E-state index contributed by atoms with van der Waals surface area (Å²) in [5.74, 6) is 6.83. The predicted octanol–water partition coefficient (Wildman–Crippen LogP) is 3.76. The summed E-state index contributed by atoms with van der Waals surface area (Å²) in [4.78, 5) is 13.9. The maximum absolute atomic E-state index is 13.8. The van der Waals surface area contributed by atoms with Gasteiger partial charge in [0.2, 0.25) is 11.1 Å². The molecule has 1 heterocycles. The SMILES string of the molecule is CN(Cc1ccccc1F)C(=O)CSc1nnc(COc2ccc(C(C)(C)C)cc2)n1N. The summed E-state index contributed by atoms with van der Waals surface area (Å²) in [5, 5.41) is 8.50. The van der Waals surface area contributed by atoms with Crippen molar-refractivity contribution in [1.82, 2.24) is 19.8 Å². The van der Waals surface area contributed by atoms with Gasteiger partial charge in [0.15, 0.2) is 5.82 Å². The van der Waals surface area contributed by atoms with Crippen LogP contribution >= 0.6 is 11.8 Å². The molecule has 3 aromatic rings. The highest BCUT2D eigenvalue weighted by atomic mass is 32.2. The molecule has 0 saturated heterocycles. The monoisotopic (exact) mass is 457 g/mol. The lowest BCUT2D eigenvalue weighted by atomic mass is 9.87. The number of ether oxygens (including phenoxy) is 1. The van der Waals surface area contributed by atoms with Crippen LogP contribution in [0.5, 0.6) is 5.75 Å². The smallest absolute Gasteiger partial charge is 0.233 e. The van der Waals surface area contributed by atoms with Gasteiger partial charge in [-0.3, -0.25) is 4.79 Å². The number of nitrogens with zero attached hydrogens (tertiary/aromatic N) is 4. The Hall–Kier alpha value is -3.07. The molecule has 0 bridgehead atoms. The minimum Gasteiger partial charge on any atom is -0.486 e. The van der Waals surface area contributed by atoms with Gasteiger partial charge in [0.1, 0.15) is 18.2 Å². The molecule has 32 heavy (non-hydrogen) atoms. The molecule has 2 aromatic carbocycles. The van der Waals surface area contributed by atoms with Crippen molar-refractivity contribution in [2.45, 2.75) is 44.5 Å². The minimum absolute atomic E-state index is 0.0723. The van der Waals surface area contributed by atoms with E-state index < -0.39 is 0 Å². The van der Waals surface area contributed by atoms with E-state index in [-0.39, 0.29) is 36.0 Å². The van der Waals surface area contributed by atoms with Crippen LogP contribution in [0.2, 0.25) is 0 Å². The largest absolute Gasteiger partial charge is 0.486 e. The maximum Gasteiger partial charge on any atom is 0.233 e. The highest BCUT2D eigenvalue weighted by Gasteiger charge is 2.17. The number of benzene rings is 2. The zero-order valence-corrected chi connectivity index (χ0v) is 19.5. The Balaban J connectivity index is 1.52. The molecule has 1 amide bonds. The topological polar surface area (TPSA) is 86.3 Å². The Bertz CT molecular complexity index is 1060. The van der Waals surface area contributed by atoms with Crippen LogP contribution in [0.4, 0.5) is 4.39 Å². The van der Waals surface area contributed by atoms with Crippen molar-refractivity contribution in [3.8, 4) is 5.75 Å². The second kappa shape index (κ2) is 10.0. The fourth-order valence-corrected chi connectivity index (χ4v) is 3.73. The summed E-state index contributed by atoms with van der Waals surface area (Å²) >= 11 is 1.17. The molecule has 0 unspecified atom stereocenters. The van der Waals surface area contributed by atoms with Crippen LogP contribution in [0.1, 0.15) is 37.7 Å². The van der Waals surface area contributed by atoms with Gasteiger partial charge in [-0.05, 0) is 29.2 Å². The first-order chi connectivity index (χ1) is 15.1. The molecule has 0 aliphatic heterocycles. The van der Waals surface area contributed by atoms with Crippen molar-refractivity contribution < 1.29 is 13.9 Å². The van der Waals surface area contributed by atoms with Gasteiger partial charge in [-0.2, -0.15) is 0 Å². The number of amides is 1. The molecule has 9 heteroatoms. The van der Waals surface area contributed by atoms with Crippen LogP contribution in [0.15, 0.2) is 53.7 Å². The van der Waals surface area contributed by atoms with Gasteiger partial charge in [0, 0.05) is 19.2 Å². The number of carbonyl (C=O) groups excluding carboxylic acids is 1. The number of hydrogen-bond donors (Lipinski definition) is 1. The molecular formula is C23H28FN5O2S. The number of thioether (sulfide) groups is 1. The third-order valence-corrected chi connectivity index (χ3v) is 5.87. The highest BCUT2D eigenvalue weighted by Crippen LogP contribution is 2.24. The molecule has 0 atom stereocenters. The van der Waals surface area contributed by atoms with Gasteiger partial charge in [-0.15, -0.1) is 10.2 Å². The summed E-state index contributed by atoms with van der Waals surface area (Å²) in [6.07, 6.45) is 0. The van der Waals surface area contributed by atoms with Crippen LogP contribution in [0, 0.1) is 5.82 Å². The van der Waals surface area contributed by atoms with E-state index in [9.17, 15) is 9.18 Å². The van der Waals surface area contributed by atoms with E-state index >= 15 is 0 Å². The van der Waals surface area contributed by atoms with Gasteiger partial charge in [0.05, 0.1) is 5.75 Å². The lowest BCUT2D eigenvalue weighted by molar-refractivity contribution is -0.127. The first-order valence-electron chi connectivity index (χ1n) is 10.2. The van der Waals surface area contributed by atoms with Crippen LogP contribution in [0.3, 0.4) is 0 Å². The molecule has 0 spiro atoms. The lowest BCUT2D eigenvalue weighted by Gasteiger charge is -2.19. The zero-order valence-electron chi connectivity index (χ0n) is 18.7. The van der Waals surface area contributed by atoms with Gasteiger partial charge < -0.3 is 15.5 Å². The maximum atomic E-state index is 13.8. The third kappa shape index (κ3) is 6.00. The molecule has 1 aromatic heterocycles. The van der Waals surface area contributed by atoms with Crippen LogP contribution in [0.25, 0.3) is 0 Å². The summed E-state index contributed by atoms with van der Waals surface area (Å²) in [7, 11) is 1.63. The fourth-order valence-electron chi connectivity index (χ4n) is 2.91. The Morgan fingerprint density at radius 1 is 1.16 bits per heavy atom. The van der Waals surface area contributed by atoms with E-state index in [0.29, 0.717) is 22.3 Å². The second-order valence-electron chi connectivity index (χ2n) is 8.46. The van der Waals surface area contributed by atoms with Crippen LogP contribution in [-0.2, 0) is 23.4 Å². The van der Waals surface area contributed by atoms with Crippen LogP contribution in [-0.4, -0.2) is 38.5 Å². The van der Waals surface area contributed by atoms with Crippen molar-refractivity contribution in [3.05, 3.63) is 71.3 Å². The quantitative estimate of drug-likeness (QED) is 0.409.